The number of pyridine rings is 1. The zero-order valence-electron chi connectivity index (χ0n) is 12.4. The second-order valence-corrected chi connectivity index (χ2v) is 5.02. The normalized spacial score (nSPS) is 10.8. The van der Waals surface area contributed by atoms with Crippen LogP contribution in [0.1, 0.15) is 23.1 Å². The molecule has 0 fully saturated rings. The van der Waals surface area contributed by atoms with Crippen molar-refractivity contribution in [3.63, 3.8) is 0 Å². The molecule has 0 bridgehead atoms. The van der Waals surface area contributed by atoms with Crippen LogP contribution in [0.15, 0.2) is 42.9 Å². The van der Waals surface area contributed by atoms with Crippen molar-refractivity contribution in [2.24, 2.45) is 0 Å². The van der Waals surface area contributed by atoms with Gasteiger partial charge in [0, 0.05) is 30.2 Å². The van der Waals surface area contributed by atoms with Gasteiger partial charge in [-0.3, -0.25) is 4.98 Å². The Hall–Kier alpha value is -2.89. The number of carboxylic acid groups (broad SMARTS) is 1. The van der Waals surface area contributed by atoms with Crippen molar-refractivity contribution in [1.82, 2.24) is 19.3 Å². The molecule has 0 atom stereocenters. The zero-order valence-corrected chi connectivity index (χ0v) is 12.4. The van der Waals surface area contributed by atoms with E-state index in [-0.39, 0.29) is 5.69 Å². The highest BCUT2D eigenvalue weighted by atomic mass is 16.4. The average molecular weight is 296 g/mol. The first-order valence-electron chi connectivity index (χ1n) is 7.01. The summed E-state index contributed by atoms with van der Waals surface area (Å²) < 4.78 is 3.64. The number of nitrogens with zero attached hydrogens (tertiary/aromatic N) is 4. The molecule has 3 heterocycles. The molecule has 0 aliphatic carbocycles. The van der Waals surface area contributed by atoms with E-state index < -0.39 is 5.97 Å². The van der Waals surface area contributed by atoms with E-state index >= 15 is 0 Å². The third-order valence-corrected chi connectivity index (χ3v) is 3.48. The number of rotatable bonds is 4. The van der Waals surface area contributed by atoms with Crippen LogP contribution in [0, 0.1) is 6.92 Å². The lowest BCUT2D eigenvalue weighted by molar-refractivity contribution is 0.0690. The Labute approximate surface area is 127 Å². The summed E-state index contributed by atoms with van der Waals surface area (Å²) in [5, 5.41) is 13.4. The summed E-state index contributed by atoms with van der Waals surface area (Å²) in [6, 6.07) is 7.28. The molecule has 112 valence electrons. The molecule has 0 amide bonds. The molecule has 3 aromatic rings. The van der Waals surface area contributed by atoms with Crippen molar-refractivity contribution in [2.45, 2.75) is 20.4 Å². The average Bonchev–Trinajstić information content (AvgIpc) is 3.14. The summed E-state index contributed by atoms with van der Waals surface area (Å²) in [5.41, 5.74) is 3.29. The summed E-state index contributed by atoms with van der Waals surface area (Å²) >= 11 is 0. The minimum absolute atomic E-state index is 0.0137. The molecule has 0 aromatic carbocycles. The summed E-state index contributed by atoms with van der Waals surface area (Å²) in [4.78, 5) is 15.5. The molecule has 0 radical (unpaired) electrons. The van der Waals surface area contributed by atoms with Crippen LogP contribution in [0.25, 0.3) is 16.9 Å². The zero-order chi connectivity index (χ0) is 15.7. The first-order chi connectivity index (χ1) is 10.6. The minimum atomic E-state index is -1.05. The number of aromatic nitrogens is 4. The Morgan fingerprint density at radius 3 is 2.73 bits per heavy atom. The second-order valence-electron chi connectivity index (χ2n) is 5.02. The molecule has 0 saturated heterocycles. The summed E-state index contributed by atoms with van der Waals surface area (Å²) in [6.07, 6.45) is 5.62. The van der Waals surface area contributed by atoms with Crippen LogP contribution in [0.2, 0.25) is 0 Å². The molecule has 6 heteroatoms. The Kier molecular flexibility index (Phi) is 3.50. The number of aromatic carboxylic acids is 1. The maximum Gasteiger partial charge on any atom is 0.356 e. The Bertz CT molecular complexity index is 815. The first kappa shape index (κ1) is 14.1. The van der Waals surface area contributed by atoms with Gasteiger partial charge in [-0.25, -0.2) is 9.48 Å². The standard InChI is InChI=1S/C16H16N4O2/c1-3-19-7-6-12(10-19)15-8-14(16(21)22)18-20(15)13-5-4-11(2)17-9-13/h4-10H,3H2,1-2H3,(H,21,22). The van der Waals surface area contributed by atoms with Crippen LogP contribution in [-0.2, 0) is 6.54 Å². The van der Waals surface area contributed by atoms with E-state index in [1.807, 2.05) is 49.0 Å². The van der Waals surface area contributed by atoms with Crippen molar-refractivity contribution >= 4 is 5.97 Å². The van der Waals surface area contributed by atoms with Gasteiger partial charge in [0.25, 0.3) is 0 Å². The smallest absolute Gasteiger partial charge is 0.356 e. The highest BCUT2D eigenvalue weighted by Gasteiger charge is 2.16. The maximum absolute atomic E-state index is 11.2. The highest BCUT2D eigenvalue weighted by Crippen LogP contribution is 2.24. The molecule has 0 aliphatic heterocycles. The van der Waals surface area contributed by atoms with Gasteiger partial charge in [-0.1, -0.05) is 0 Å². The molecule has 3 rings (SSSR count). The fourth-order valence-corrected chi connectivity index (χ4v) is 2.26. The third-order valence-electron chi connectivity index (χ3n) is 3.48. The van der Waals surface area contributed by atoms with E-state index in [0.29, 0.717) is 0 Å². The van der Waals surface area contributed by atoms with Gasteiger partial charge in [0.2, 0.25) is 0 Å². The van der Waals surface area contributed by atoms with Crippen LogP contribution in [0.5, 0.6) is 0 Å². The predicted octanol–water partition coefficient (Wildman–Crippen LogP) is 2.76. The molecule has 1 N–H and O–H groups in total. The quantitative estimate of drug-likeness (QED) is 0.803. The Morgan fingerprint density at radius 1 is 1.32 bits per heavy atom. The molecule has 0 saturated carbocycles. The fraction of sp³-hybridized carbons (Fsp3) is 0.188. The lowest BCUT2D eigenvalue weighted by atomic mass is 10.2. The SMILES string of the molecule is CCn1ccc(-c2cc(C(=O)O)nn2-c2ccc(C)nc2)c1. The van der Waals surface area contributed by atoms with E-state index in [2.05, 4.69) is 10.1 Å². The van der Waals surface area contributed by atoms with Crippen molar-refractivity contribution in [3.8, 4) is 16.9 Å². The third kappa shape index (κ3) is 2.50. The fourth-order valence-electron chi connectivity index (χ4n) is 2.26. The van der Waals surface area contributed by atoms with E-state index in [1.54, 1.807) is 16.9 Å². The molecular formula is C16H16N4O2. The van der Waals surface area contributed by atoms with Crippen LogP contribution in [0.3, 0.4) is 0 Å². The number of carbonyl (C=O) groups is 1. The predicted molar refractivity (Wildman–Crippen MR) is 82.2 cm³/mol. The first-order valence-corrected chi connectivity index (χ1v) is 7.01. The van der Waals surface area contributed by atoms with Crippen LogP contribution in [0.4, 0.5) is 0 Å². The topological polar surface area (TPSA) is 72.9 Å². The van der Waals surface area contributed by atoms with Gasteiger partial charge >= 0.3 is 5.97 Å². The van der Waals surface area contributed by atoms with Crippen LogP contribution in [-0.4, -0.2) is 30.4 Å². The van der Waals surface area contributed by atoms with E-state index in [0.717, 1.165) is 29.2 Å². The van der Waals surface area contributed by atoms with Gasteiger partial charge in [0.15, 0.2) is 5.69 Å². The van der Waals surface area contributed by atoms with Crippen molar-refractivity contribution in [3.05, 3.63) is 54.2 Å². The lowest BCUT2D eigenvalue weighted by Gasteiger charge is -2.06. The summed E-state index contributed by atoms with van der Waals surface area (Å²) in [6.45, 7) is 4.80. The van der Waals surface area contributed by atoms with Gasteiger partial charge in [0.05, 0.1) is 17.6 Å². The molecule has 0 unspecified atom stereocenters. The lowest BCUT2D eigenvalue weighted by Crippen LogP contribution is -2.02. The Balaban J connectivity index is 2.15. The van der Waals surface area contributed by atoms with Crippen LogP contribution >= 0.6 is 0 Å². The van der Waals surface area contributed by atoms with Gasteiger partial charge in [-0.15, -0.1) is 0 Å². The van der Waals surface area contributed by atoms with Crippen molar-refractivity contribution < 1.29 is 9.90 Å². The summed E-state index contributed by atoms with van der Waals surface area (Å²) in [5.74, 6) is -1.05. The van der Waals surface area contributed by atoms with E-state index in [4.69, 9.17) is 0 Å². The molecule has 6 nitrogen and oxygen atoms in total. The summed E-state index contributed by atoms with van der Waals surface area (Å²) in [7, 11) is 0. The monoisotopic (exact) mass is 296 g/mol. The van der Waals surface area contributed by atoms with Gasteiger partial charge in [-0.2, -0.15) is 5.10 Å². The molecule has 3 aromatic heterocycles. The van der Waals surface area contributed by atoms with Gasteiger partial charge in [0.1, 0.15) is 0 Å². The number of hydrogen-bond donors (Lipinski definition) is 1. The number of carboxylic acids is 1. The number of aryl methyl sites for hydroxylation is 2. The van der Waals surface area contributed by atoms with Crippen molar-refractivity contribution in [2.75, 3.05) is 0 Å². The van der Waals surface area contributed by atoms with Crippen LogP contribution < -0.4 is 0 Å². The Morgan fingerprint density at radius 2 is 2.14 bits per heavy atom. The minimum Gasteiger partial charge on any atom is -0.476 e. The van der Waals surface area contributed by atoms with E-state index in [9.17, 15) is 9.90 Å². The maximum atomic E-state index is 11.2. The molecule has 0 aliphatic rings. The number of hydrogen-bond acceptors (Lipinski definition) is 3. The largest absolute Gasteiger partial charge is 0.476 e. The van der Waals surface area contributed by atoms with E-state index in [1.165, 1.54) is 0 Å². The highest BCUT2D eigenvalue weighted by molar-refractivity contribution is 5.87. The van der Waals surface area contributed by atoms with Gasteiger partial charge in [-0.05, 0) is 38.1 Å². The van der Waals surface area contributed by atoms with Crippen molar-refractivity contribution in [1.29, 1.82) is 0 Å². The second kappa shape index (κ2) is 5.48. The molecule has 0 spiro atoms. The molecular weight excluding hydrogens is 280 g/mol. The molecule has 22 heavy (non-hydrogen) atoms. The van der Waals surface area contributed by atoms with Gasteiger partial charge < -0.3 is 9.67 Å².